The van der Waals surface area contributed by atoms with E-state index in [-0.39, 0.29) is 24.5 Å². The molecule has 1 aromatic rings. The summed E-state index contributed by atoms with van der Waals surface area (Å²) in [5, 5.41) is 5.66. The molecule has 3 rings (SSSR count). The van der Waals surface area contributed by atoms with Gasteiger partial charge in [-0.2, -0.15) is 26.3 Å². The molecule has 1 aliphatic carbocycles. The highest BCUT2D eigenvalue weighted by atomic mass is 19.4. The molecule has 0 bridgehead atoms. The van der Waals surface area contributed by atoms with Crippen molar-refractivity contribution in [2.75, 3.05) is 13.2 Å². The minimum Gasteiger partial charge on any atom is -0.368 e. The van der Waals surface area contributed by atoms with Gasteiger partial charge < -0.3 is 10.1 Å². The van der Waals surface area contributed by atoms with E-state index in [1.165, 1.54) is 6.07 Å². The van der Waals surface area contributed by atoms with Gasteiger partial charge in [0.15, 0.2) is 0 Å². The third kappa shape index (κ3) is 5.16. The van der Waals surface area contributed by atoms with Crippen LogP contribution in [0.1, 0.15) is 36.3 Å². The van der Waals surface area contributed by atoms with E-state index in [1.54, 1.807) is 6.07 Å². The highest BCUT2D eigenvalue weighted by molar-refractivity contribution is 5.80. The number of nitrogens with one attached hydrogen (secondary N) is 2. The van der Waals surface area contributed by atoms with E-state index in [0.29, 0.717) is 24.8 Å². The number of fused-ring (bicyclic) bond motifs is 1. The Morgan fingerprint density at radius 2 is 1.86 bits per heavy atom. The Labute approximate surface area is 157 Å². The Hall–Kier alpha value is -1.81. The highest BCUT2D eigenvalue weighted by Crippen LogP contribution is 2.39. The number of amides is 1. The first-order valence-electron chi connectivity index (χ1n) is 8.91. The monoisotopic (exact) mass is 410 g/mol. The van der Waals surface area contributed by atoms with Crippen LogP contribution in [0.15, 0.2) is 24.3 Å². The van der Waals surface area contributed by atoms with Gasteiger partial charge in [-0.1, -0.05) is 18.2 Å². The highest BCUT2D eigenvalue weighted by Gasteiger charge is 2.41. The summed E-state index contributed by atoms with van der Waals surface area (Å²) in [6.45, 7) is -1.71. The van der Waals surface area contributed by atoms with Gasteiger partial charge in [0.25, 0.3) is 0 Å². The molecule has 2 N–H and O–H groups in total. The predicted octanol–water partition coefficient (Wildman–Crippen LogP) is 3.58. The van der Waals surface area contributed by atoms with Crippen LogP contribution in [-0.4, -0.2) is 37.5 Å². The molecule has 0 spiro atoms. The smallest absolute Gasteiger partial charge is 0.368 e. The van der Waals surface area contributed by atoms with Crippen LogP contribution in [0.25, 0.3) is 0 Å². The Morgan fingerprint density at radius 1 is 1.11 bits per heavy atom. The zero-order chi connectivity index (χ0) is 20.5. The standard InChI is InChI=1S/C18H20F6N2O2/c19-17(20,21)9-28-8-15-25-14-5-4-11(7-13(14)16(27)26-15)10-2-1-3-12(6-10)18(22,23)24/h1-3,6,11,13-15,25H,4-5,7-9H2,(H,26,27). The van der Waals surface area contributed by atoms with E-state index in [1.807, 2.05) is 0 Å². The first kappa shape index (κ1) is 20.9. The summed E-state index contributed by atoms with van der Waals surface area (Å²) in [6, 6.07) is 4.87. The van der Waals surface area contributed by atoms with Gasteiger partial charge in [0.1, 0.15) is 12.8 Å². The molecule has 4 atom stereocenters. The van der Waals surface area contributed by atoms with Crippen LogP contribution in [0, 0.1) is 5.92 Å². The van der Waals surface area contributed by atoms with E-state index >= 15 is 0 Å². The van der Waals surface area contributed by atoms with Crippen molar-refractivity contribution in [1.29, 1.82) is 0 Å². The molecule has 1 aliphatic heterocycles. The summed E-state index contributed by atoms with van der Waals surface area (Å²) in [4.78, 5) is 12.4. The first-order chi connectivity index (χ1) is 13.0. The minimum atomic E-state index is -4.44. The van der Waals surface area contributed by atoms with Crippen LogP contribution in [-0.2, 0) is 15.7 Å². The average molecular weight is 410 g/mol. The maximum atomic E-state index is 12.9. The molecule has 1 heterocycles. The summed E-state index contributed by atoms with van der Waals surface area (Å²) in [6.07, 6.45) is -8.10. The van der Waals surface area contributed by atoms with Crippen molar-refractivity contribution in [1.82, 2.24) is 10.6 Å². The third-order valence-corrected chi connectivity index (χ3v) is 5.15. The maximum Gasteiger partial charge on any atom is 0.416 e. The van der Waals surface area contributed by atoms with E-state index < -0.39 is 36.6 Å². The molecule has 1 saturated carbocycles. The van der Waals surface area contributed by atoms with Crippen molar-refractivity contribution < 1.29 is 35.9 Å². The van der Waals surface area contributed by atoms with Gasteiger partial charge in [0.2, 0.25) is 5.91 Å². The van der Waals surface area contributed by atoms with Crippen molar-refractivity contribution in [2.24, 2.45) is 5.92 Å². The predicted molar refractivity (Wildman–Crippen MR) is 87.3 cm³/mol. The fourth-order valence-corrected chi connectivity index (χ4v) is 3.89. The Kier molecular flexibility index (Phi) is 5.90. The molecule has 1 amide bonds. The van der Waals surface area contributed by atoms with E-state index in [9.17, 15) is 31.1 Å². The molecule has 4 nitrogen and oxygen atoms in total. The number of hydrogen-bond donors (Lipinski definition) is 2. The zero-order valence-corrected chi connectivity index (χ0v) is 14.7. The lowest BCUT2D eigenvalue weighted by Crippen LogP contribution is -2.64. The lowest BCUT2D eigenvalue weighted by atomic mass is 9.73. The molecule has 156 valence electrons. The molecule has 10 heteroatoms. The summed E-state index contributed by atoms with van der Waals surface area (Å²) < 4.78 is 79.9. The molecule has 0 aromatic heterocycles. The summed E-state index contributed by atoms with van der Waals surface area (Å²) >= 11 is 0. The van der Waals surface area contributed by atoms with Crippen LogP contribution < -0.4 is 10.6 Å². The molecule has 2 aliphatic rings. The number of benzene rings is 1. The second kappa shape index (κ2) is 7.90. The van der Waals surface area contributed by atoms with Gasteiger partial charge >= 0.3 is 12.4 Å². The number of rotatable bonds is 4. The van der Waals surface area contributed by atoms with Crippen molar-refractivity contribution in [3.05, 3.63) is 35.4 Å². The Balaban J connectivity index is 1.60. The van der Waals surface area contributed by atoms with Gasteiger partial charge in [-0.15, -0.1) is 0 Å². The fraction of sp³-hybridized carbons (Fsp3) is 0.611. The minimum absolute atomic E-state index is 0.186. The quantitative estimate of drug-likeness (QED) is 0.747. The fourth-order valence-electron chi connectivity index (χ4n) is 3.89. The second-order valence-electron chi connectivity index (χ2n) is 7.20. The zero-order valence-electron chi connectivity index (χ0n) is 14.7. The van der Waals surface area contributed by atoms with Crippen LogP contribution in [0.5, 0.6) is 0 Å². The van der Waals surface area contributed by atoms with Gasteiger partial charge in [-0.05, 0) is 36.8 Å². The molecule has 1 saturated heterocycles. The maximum absolute atomic E-state index is 12.9. The van der Waals surface area contributed by atoms with Crippen molar-refractivity contribution in [3.8, 4) is 0 Å². The van der Waals surface area contributed by atoms with Crippen LogP contribution in [0.2, 0.25) is 0 Å². The van der Waals surface area contributed by atoms with Crippen LogP contribution in [0.3, 0.4) is 0 Å². The number of hydrogen-bond acceptors (Lipinski definition) is 3. The molecule has 2 fully saturated rings. The average Bonchev–Trinajstić information content (AvgIpc) is 2.60. The number of carbonyl (C=O) groups excluding carboxylic acids is 1. The topological polar surface area (TPSA) is 50.4 Å². The number of alkyl halides is 6. The summed E-state index contributed by atoms with van der Waals surface area (Å²) in [5.41, 5.74) is -0.183. The molecule has 0 radical (unpaired) electrons. The number of carbonyl (C=O) groups is 1. The normalized spacial score (nSPS) is 28.6. The van der Waals surface area contributed by atoms with E-state index in [0.717, 1.165) is 12.1 Å². The van der Waals surface area contributed by atoms with Gasteiger partial charge in [0.05, 0.1) is 18.1 Å². The van der Waals surface area contributed by atoms with Gasteiger partial charge in [0, 0.05) is 6.04 Å². The second-order valence-corrected chi connectivity index (χ2v) is 7.20. The molecule has 1 aromatic carbocycles. The largest absolute Gasteiger partial charge is 0.416 e. The summed E-state index contributed by atoms with van der Waals surface area (Å²) in [7, 11) is 0. The number of ether oxygens (including phenoxy) is 1. The lowest BCUT2D eigenvalue weighted by Gasteiger charge is -2.42. The van der Waals surface area contributed by atoms with Crippen molar-refractivity contribution in [3.63, 3.8) is 0 Å². The number of halogens is 6. The Morgan fingerprint density at radius 3 is 2.54 bits per heavy atom. The van der Waals surface area contributed by atoms with E-state index in [2.05, 4.69) is 15.4 Å². The van der Waals surface area contributed by atoms with Crippen molar-refractivity contribution >= 4 is 5.91 Å². The van der Waals surface area contributed by atoms with Gasteiger partial charge in [-0.3, -0.25) is 10.1 Å². The molecular weight excluding hydrogens is 390 g/mol. The lowest BCUT2D eigenvalue weighted by molar-refractivity contribution is -0.176. The SMILES string of the molecule is O=C1NC(COCC(F)(F)F)NC2CCC(c3cccc(C(F)(F)F)c3)CC12. The van der Waals surface area contributed by atoms with E-state index in [4.69, 9.17) is 0 Å². The van der Waals surface area contributed by atoms with Gasteiger partial charge in [-0.25, -0.2) is 0 Å². The molecule has 4 unspecified atom stereocenters. The molecule has 28 heavy (non-hydrogen) atoms. The van der Waals surface area contributed by atoms with Crippen LogP contribution in [0.4, 0.5) is 26.3 Å². The third-order valence-electron chi connectivity index (χ3n) is 5.15. The first-order valence-corrected chi connectivity index (χ1v) is 8.91. The molecular formula is C18H20F6N2O2. The Bertz CT molecular complexity index is 706. The summed E-state index contributed by atoms with van der Waals surface area (Å²) in [5.74, 6) is -0.956. The van der Waals surface area contributed by atoms with Crippen molar-refractivity contribution in [2.45, 2.75) is 49.7 Å². The van der Waals surface area contributed by atoms with Crippen LogP contribution >= 0.6 is 0 Å².